The highest BCUT2D eigenvalue weighted by Crippen LogP contribution is 2.30. The minimum absolute atomic E-state index is 0.0616. The Kier molecular flexibility index (Phi) is 2.77. The van der Waals surface area contributed by atoms with Gasteiger partial charge in [-0.1, -0.05) is 12.1 Å². The Bertz CT molecular complexity index is 492. The molecule has 82 valence electrons. The van der Waals surface area contributed by atoms with Gasteiger partial charge in [0.05, 0.1) is 7.11 Å². The Morgan fingerprint density at radius 1 is 1.06 bits per heavy atom. The number of methoxy groups -OCH3 is 1. The quantitative estimate of drug-likeness (QED) is 0.838. The van der Waals surface area contributed by atoms with Gasteiger partial charge < -0.3 is 9.84 Å². The number of hydrogen-bond acceptors (Lipinski definition) is 2. The van der Waals surface area contributed by atoms with Crippen LogP contribution in [0.2, 0.25) is 0 Å². The van der Waals surface area contributed by atoms with Crippen LogP contribution < -0.4 is 4.74 Å². The molecular formula is C13H11FO2. The fourth-order valence-corrected chi connectivity index (χ4v) is 1.51. The van der Waals surface area contributed by atoms with Crippen molar-refractivity contribution in [3.05, 3.63) is 48.3 Å². The lowest BCUT2D eigenvalue weighted by Crippen LogP contribution is -1.84. The Morgan fingerprint density at radius 2 is 1.75 bits per heavy atom. The number of benzene rings is 2. The molecule has 0 aliphatic heterocycles. The van der Waals surface area contributed by atoms with E-state index in [-0.39, 0.29) is 11.6 Å². The van der Waals surface area contributed by atoms with Crippen LogP contribution in [0.25, 0.3) is 11.1 Å². The Labute approximate surface area is 92.9 Å². The lowest BCUT2D eigenvalue weighted by molar-refractivity contribution is 0.415. The molecule has 0 bridgehead atoms. The van der Waals surface area contributed by atoms with E-state index in [0.717, 1.165) is 11.3 Å². The predicted octanol–water partition coefficient (Wildman–Crippen LogP) is 3.21. The highest BCUT2D eigenvalue weighted by molar-refractivity contribution is 5.70. The number of aromatic hydroxyl groups is 1. The Hall–Kier alpha value is -2.03. The highest BCUT2D eigenvalue weighted by atomic mass is 19.1. The summed E-state index contributed by atoms with van der Waals surface area (Å²) in [6, 6.07) is 10.9. The standard InChI is InChI=1S/C13H11FO2/c1-16-11-5-2-9(3-6-11)12-8-10(14)4-7-13(12)15/h2-8,15H,1H3. The molecule has 2 rings (SSSR count). The van der Waals surface area contributed by atoms with Crippen LogP contribution in [0.3, 0.4) is 0 Å². The summed E-state index contributed by atoms with van der Waals surface area (Å²) in [6.45, 7) is 0. The zero-order valence-electron chi connectivity index (χ0n) is 8.77. The second-order valence-corrected chi connectivity index (χ2v) is 3.39. The van der Waals surface area contributed by atoms with E-state index in [1.165, 1.54) is 18.2 Å². The second-order valence-electron chi connectivity index (χ2n) is 3.39. The Balaban J connectivity index is 2.45. The third-order valence-corrected chi connectivity index (χ3v) is 2.36. The SMILES string of the molecule is COc1ccc(-c2cc(F)ccc2O)cc1. The van der Waals surface area contributed by atoms with Gasteiger partial charge in [0.15, 0.2) is 0 Å². The molecule has 0 aromatic heterocycles. The zero-order valence-corrected chi connectivity index (χ0v) is 8.77. The van der Waals surface area contributed by atoms with E-state index in [9.17, 15) is 9.50 Å². The summed E-state index contributed by atoms with van der Waals surface area (Å²) in [7, 11) is 1.58. The fourth-order valence-electron chi connectivity index (χ4n) is 1.51. The number of ether oxygens (including phenoxy) is 1. The molecule has 0 radical (unpaired) electrons. The number of rotatable bonds is 2. The van der Waals surface area contributed by atoms with Gasteiger partial charge in [0.2, 0.25) is 0 Å². The van der Waals surface area contributed by atoms with Crippen molar-refractivity contribution in [2.45, 2.75) is 0 Å². The van der Waals surface area contributed by atoms with Crippen molar-refractivity contribution >= 4 is 0 Å². The lowest BCUT2D eigenvalue weighted by Gasteiger charge is -2.06. The van der Waals surface area contributed by atoms with Gasteiger partial charge in [-0.15, -0.1) is 0 Å². The van der Waals surface area contributed by atoms with Crippen LogP contribution in [0, 0.1) is 5.82 Å². The maximum Gasteiger partial charge on any atom is 0.124 e. The van der Waals surface area contributed by atoms with Crippen LogP contribution in [-0.4, -0.2) is 12.2 Å². The summed E-state index contributed by atoms with van der Waals surface area (Å²) in [5.41, 5.74) is 1.22. The summed E-state index contributed by atoms with van der Waals surface area (Å²) in [6.07, 6.45) is 0. The van der Waals surface area contributed by atoms with Gasteiger partial charge in [0, 0.05) is 5.56 Å². The summed E-state index contributed by atoms with van der Waals surface area (Å²) in [4.78, 5) is 0. The molecule has 0 aliphatic carbocycles. The molecule has 0 spiro atoms. The van der Waals surface area contributed by atoms with E-state index >= 15 is 0 Å². The first-order valence-electron chi connectivity index (χ1n) is 4.83. The number of hydrogen-bond donors (Lipinski definition) is 1. The van der Waals surface area contributed by atoms with Gasteiger partial charge in [0.25, 0.3) is 0 Å². The third kappa shape index (κ3) is 1.98. The first-order chi connectivity index (χ1) is 7.70. The van der Waals surface area contributed by atoms with E-state index in [1.807, 2.05) is 0 Å². The normalized spacial score (nSPS) is 10.1. The number of phenols is 1. The van der Waals surface area contributed by atoms with Gasteiger partial charge >= 0.3 is 0 Å². The van der Waals surface area contributed by atoms with E-state index in [1.54, 1.807) is 31.4 Å². The van der Waals surface area contributed by atoms with E-state index in [2.05, 4.69) is 0 Å². The molecule has 0 aliphatic rings. The summed E-state index contributed by atoms with van der Waals surface area (Å²) >= 11 is 0. The molecule has 16 heavy (non-hydrogen) atoms. The summed E-state index contributed by atoms with van der Waals surface area (Å²) < 4.78 is 18.1. The monoisotopic (exact) mass is 218 g/mol. The molecule has 0 amide bonds. The molecule has 0 unspecified atom stereocenters. The van der Waals surface area contributed by atoms with Crippen molar-refractivity contribution in [1.29, 1.82) is 0 Å². The molecule has 2 nitrogen and oxygen atoms in total. The van der Waals surface area contributed by atoms with E-state index in [0.29, 0.717) is 5.56 Å². The van der Waals surface area contributed by atoms with Crippen LogP contribution >= 0.6 is 0 Å². The van der Waals surface area contributed by atoms with Crippen molar-refractivity contribution < 1.29 is 14.2 Å². The highest BCUT2D eigenvalue weighted by Gasteiger charge is 2.05. The van der Waals surface area contributed by atoms with Gasteiger partial charge in [-0.3, -0.25) is 0 Å². The second kappa shape index (κ2) is 4.23. The van der Waals surface area contributed by atoms with Gasteiger partial charge in [-0.05, 0) is 35.9 Å². The summed E-state index contributed by atoms with van der Waals surface area (Å²) in [5.74, 6) is 0.412. The Morgan fingerprint density at radius 3 is 2.38 bits per heavy atom. The van der Waals surface area contributed by atoms with Crippen LogP contribution in [0.5, 0.6) is 11.5 Å². The first kappa shape index (κ1) is 10.5. The van der Waals surface area contributed by atoms with Crippen LogP contribution in [0.1, 0.15) is 0 Å². The van der Waals surface area contributed by atoms with Crippen LogP contribution in [0.15, 0.2) is 42.5 Å². The maximum atomic E-state index is 13.0. The van der Waals surface area contributed by atoms with E-state index < -0.39 is 0 Å². The molecule has 0 saturated heterocycles. The average molecular weight is 218 g/mol. The van der Waals surface area contributed by atoms with Gasteiger partial charge in [-0.2, -0.15) is 0 Å². The van der Waals surface area contributed by atoms with E-state index in [4.69, 9.17) is 4.74 Å². The predicted molar refractivity (Wildman–Crippen MR) is 60.1 cm³/mol. The minimum atomic E-state index is -0.372. The number of phenolic OH excluding ortho intramolecular Hbond substituents is 1. The van der Waals surface area contributed by atoms with Crippen molar-refractivity contribution in [2.24, 2.45) is 0 Å². The van der Waals surface area contributed by atoms with Crippen LogP contribution in [-0.2, 0) is 0 Å². The van der Waals surface area contributed by atoms with Gasteiger partial charge in [0.1, 0.15) is 17.3 Å². The molecule has 0 atom stereocenters. The first-order valence-corrected chi connectivity index (χ1v) is 4.83. The van der Waals surface area contributed by atoms with Crippen molar-refractivity contribution in [3.63, 3.8) is 0 Å². The molecular weight excluding hydrogens is 207 g/mol. The molecule has 2 aromatic carbocycles. The molecule has 0 fully saturated rings. The zero-order chi connectivity index (χ0) is 11.5. The molecule has 0 heterocycles. The van der Waals surface area contributed by atoms with Crippen molar-refractivity contribution in [2.75, 3.05) is 7.11 Å². The molecule has 0 saturated carbocycles. The van der Waals surface area contributed by atoms with Crippen molar-refractivity contribution in [1.82, 2.24) is 0 Å². The van der Waals surface area contributed by atoms with Gasteiger partial charge in [-0.25, -0.2) is 4.39 Å². The average Bonchev–Trinajstić information content (AvgIpc) is 2.32. The summed E-state index contributed by atoms with van der Waals surface area (Å²) in [5, 5.41) is 9.62. The molecule has 3 heteroatoms. The largest absolute Gasteiger partial charge is 0.507 e. The van der Waals surface area contributed by atoms with Crippen LogP contribution in [0.4, 0.5) is 4.39 Å². The lowest BCUT2D eigenvalue weighted by atomic mass is 10.0. The molecule has 2 aromatic rings. The molecule has 1 N–H and O–H groups in total. The smallest absolute Gasteiger partial charge is 0.124 e. The fraction of sp³-hybridized carbons (Fsp3) is 0.0769. The minimum Gasteiger partial charge on any atom is -0.507 e. The number of halogens is 1. The maximum absolute atomic E-state index is 13.0. The van der Waals surface area contributed by atoms with Crippen molar-refractivity contribution in [3.8, 4) is 22.6 Å². The third-order valence-electron chi connectivity index (χ3n) is 2.36. The topological polar surface area (TPSA) is 29.5 Å².